The van der Waals surface area contributed by atoms with Gasteiger partial charge >= 0.3 is 0 Å². The fraction of sp³-hybridized carbons (Fsp3) is 0.364. The molecule has 0 radical (unpaired) electrons. The maximum absolute atomic E-state index is 8.65. The van der Waals surface area contributed by atoms with Crippen LogP contribution in [0.2, 0.25) is 5.02 Å². The van der Waals surface area contributed by atoms with E-state index in [1.807, 2.05) is 13.8 Å². The monoisotopic (exact) mass is 242 g/mol. The van der Waals surface area contributed by atoms with E-state index in [0.29, 0.717) is 28.9 Å². The number of amidine groups is 1. The zero-order chi connectivity index (χ0) is 12.1. The highest BCUT2D eigenvalue weighted by Crippen LogP contribution is 2.23. The molecule has 0 unspecified atom stereocenters. The number of hydrogen-bond donors (Lipinski definition) is 2. The van der Waals surface area contributed by atoms with Gasteiger partial charge in [0.15, 0.2) is 5.84 Å². The van der Waals surface area contributed by atoms with Gasteiger partial charge < -0.3 is 15.7 Å². The number of rotatable bonds is 4. The Hall–Kier alpha value is -1.42. The molecule has 3 N–H and O–H groups in total. The summed E-state index contributed by atoms with van der Waals surface area (Å²) in [7, 11) is 0. The summed E-state index contributed by atoms with van der Waals surface area (Å²) in [6.45, 7) is 4.64. The second-order valence-electron chi connectivity index (χ2n) is 3.83. The third-order valence-corrected chi connectivity index (χ3v) is 2.13. The van der Waals surface area contributed by atoms with Gasteiger partial charge in [0.2, 0.25) is 0 Å². The van der Waals surface area contributed by atoms with Gasteiger partial charge in [-0.1, -0.05) is 30.6 Å². The number of nitrogens with zero attached hydrogens (tertiary/aromatic N) is 1. The maximum atomic E-state index is 8.65. The molecule has 0 heterocycles. The second-order valence-corrected chi connectivity index (χ2v) is 4.27. The van der Waals surface area contributed by atoms with Crippen LogP contribution in [0.1, 0.15) is 19.4 Å². The minimum atomic E-state index is -0.0127. The first-order valence-electron chi connectivity index (χ1n) is 4.95. The third kappa shape index (κ3) is 3.31. The van der Waals surface area contributed by atoms with E-state index >= 15 is 0 Å². The molecule has 0 amide bonds. The van der Waals surface area contributed by atoms with Crippen LogP contribution in [0.4, 0.5) is 0 Å². The molecule has 0 fully saturated rings. The van der Waals surface area contributed by atoms with Gasteiger partial charge in [-0.15, -0.1) is 0 Å². The first kappa shape index (κ1) is 12.6. The molecule has 0 aliphatic heterocycles. The smallest absolute Gasteiger partial charge is 0.173 e. The van der Waals surface area contributed by atoms with Crippen molar-refractivity contribution in [3.8, 4) is 5.75 Å². The number of ether oxygens (including phenoxy) is 1. The lowest BCUT2D eigenvalue weighted by Crippen LogP contribution is -2.16. The highest BCUT2D eigenvalue weighted by atomic mass is 35.5. The molecule has 0 aliphatic rings. The Labute approximate surface area is 99.7 Å². The van der Waals surface area contributed by atoms with Crippen molar-refractivity contribution in [2.75, 3.05) is 6.61 Å². The molecule has 0 bridgehead atoms. The molecule has 0 atom stereocenters. The Morgan fingerprint density at radius 3 is 2.81 bits per heavy atom. The van der Waals surface area contributed by atoms with E-state index in [4.69, 9.17) is 27.3 Å². The van der Waals surface area contributed by atoms with Crippen molar-refractivity contribution in [3.05, 3.63) is 28.8 Å². The average molecular weight is 243 g/mol. The van der Waals surface area contributed by atoms with Crippen LogP contribution >= 0.6 is 11.6 Å². The zero-order valence-electron chi connectivity index (χ0n) is 9.27. The summed E-state index contributed by atoms with van der Waals surface area (Å²) < 4.78 is 5.55. The zero-order valence-corrected chi connectivity index (χ0v) is 10.0. The minimum Gasteiger partial charge on any atom is -0.493 e. The molecule has 0 spiro atoms. The summed E-state index contributed by atoms with van der Waals surface area (Å²) in [5.41, 5.74) is 6.03. The van der Waals surface area contributed by atoms with Gasteiger partial charge in [-0.05, 0) is 24.1 Å². The Morgan fingerprint density at radius 2 is 2.25 bits per heavy atom. The quantitative estimate of drug-likeness (QED) is 0.369. The molecule has 5 heteroatoms. The molecule has 1 aromatic rings. The van der Waals surface area contributed by atoms with Crippen molar-refractivity contribution in [1.82, 2.24) is 0 Å². The Bertz CT molecular complexity index is 392. The predicted molar refractivity (Wildman–Crippen MR) is 64.3 cm³/mol. The lowest BCUT2D eigenvalue weighted by Gasteiger charge is -2.12. The van der Waals surface area contributed by atoms with Gasteiger partial charge in [0, 0.05) is 5.02 Å². The van der Waals surface area contributed by atoms with Gasteiger partial charge in [-0.2, -0.15) is 0 Å². The molecular formula is C11H15ClN2O2. The average Bonchev–Trinajstić information content (AvgIpc) is 2.26. The highest BCUT2D eigenvalue weighted by Gasteiger charge is 2.09. The molecule has 1 rings (SSSR count). The summed E-state index contributed by atoms with van der Waals surface area (Å²) in [5.74, 6) is 0.950. The lowest BCUT2D eigenvalue weighted by molar-refractivity contribution is 0.270. The van der Waals surface area contributed by atoms with E-state index < -0.39 is 0 Å². The number of nitrogens with two attached hydrogens (primary N) is 1. The third-order valence-electron chi connectivity index (χ3n) is 1.90. The van der Waals surface area contributed by atoms with Crippen LogP contribution in [-0.2, 0) is 0 Å². The minimum absolute atomic E-state index is 0.0127. The van der Waals surface area contributed by atoms with Gasteiger partial charge in [0.25, 0.3) is 0 Å². The van der Waals surface area contributed by atoms with E-state index in [1.165, 1.54) is 0 Å². The molecule has 4 nitrogen and oxygen atoms in total. The van der Waals surface area contributed by atoms with E-state index in [1.54, 1.807) is 18.2 Å². The summed E-state index contributed by atoms with van der Waals surface area (Å²) in [5, 5.41) is 12.1. The van der Waals surface area contributed by atoms with Crippen LogP contribution in [0.5, 0.6) is 5.75 Å². The van der Waals surface area contributed by atoms with E-state index in [-0.39, 0.29) is 5.84 Å². The van der Waals surface area contributed by atoms with Crippen molar-refractivity contribution in [3.63, 3.8) is 0 Å². The number of benzene rings is 1. The second kappa shape index (κ2) is 5.61. The van der Waals surface area contributed by atoms with Crippen molar-refractivity contribution in [2.24, 2.45) is 16.8 Å². The fourth-order valence-electron chi connectivity index (χ4n) is 1.14. The predicted octanol–water partition coefficient (Wildman–Crippen LogP) is 2.47. The normalized spacial score (nSPS) is 11.9. The van der Waals surface area contributed by atoms with E-state index in [9.17, 15) is 0 Å². The lowest BCUT2D eigenvalue weighted by atomic mass is 10.2. The Kier molecular flexibility index (Phi) is 4.43. The molecule has 16 heavy (non-hydrogen) atoms. The standard InChI is InChI=1S/C11H15ClN2O2/c1-7(2)6-16-10-4-3-8(12)5-9(10)11(13)14-15/h3-5,7,15H,6H2,1-2H3,(H2,13,14). The number of hydrogen-bond acceptors (Lipinski definition) is 3. The first-order valence-corrected chi connectivity index (χ1v) is 5.32. The molecular weight excluding hydrogens is 228 g/mol. The van der Waals surface area contributed by atoms with Crippen LogP contribution in [0, 0.1) is 5.92 Å². The summed E-state index contributed by atoms with van der Waals surface area (Å²) in [6, 6.07) is 5.01. The SMILES string of the molecule is CC(C)COc1ccc(Cl)cc1/C(N)=N/O. The number of halogens is 1. The summed E-state index contributed by atoms with van der Waals surface area (Å²) >= 11 is 5.83. The molecule has 0 saturated heterocycles. The maximum Gasteiger partial charge on any atom is 0.173 e. The van der Waals surface area contributed by atoms with Crippen molar-refractivity contribution < 1.29 is 9.94 Å². The van der Waals surface area contributed by atoms with Crippen LogP contribution < -0.4 is 10.5 Å². The van der Waals surface area contributed by atoms with Crippen molar-refractivity contribution in [2.45, 2.75) is 13.8 Å². The van der Waals surface area contributed by atoms with Crippen LogP contribution in [0.25, 0.3) is 0 Å². The first-order chi connectivity index (χ1) is 7.54. The Balaban J connectivity index is 2.98. The van der Waals surface area contributed by atoms with Crippen molar-refractivity contribution in [1.29, 1.82) is 0 Å². The van der Waals surface area contributed by atoms with Crippen LogP contribution in [-0.4, -0.2) is 17.6 Å². The van der Waals surface area contributed by atoms with E-state index in [0.717, 1.165) is 0 Å². The topological polar surface area (TPSA) is 67.8 Å². The van der Waals surface area contributed by atoms with E-state index in [2.05, 4.69) is 5.16 Å². The van der Waals surface area contributed by atoms with Crippen molar-refractivity contribution >= 4 is 17.4 Å². The molecule has 0 aliphatic carbocycles. The molecule has 1 aromatic carbocycles. The van der Waals surface area contributed by atoms with Gasteiger partial charge in [-0.25, -0.2) is 0 Å². The number of oxime groups is 1. The summed E-state index contributed by atoms with van der Waals surface area (Å²) in [6.07, 6.45) is 0. The van der Waals surface area contributed by atoms with Gasteiger partial charge in [-0.3, -0.25) is 0 Å². The van der Waals surface area contributed by atoms with Gasteiger partial charge in [0.05, 0.1) is 12.2 Å². The highest BCUT2D eigenvalue weighted by molar-refractivity contribution is 6.31. The molecule has 0 aromatic heterocycles. The fourth-order valence-corrected chi connectivity index (χ4v) is 1.31. The molecule has 0 saturated carbocycles. The Morgan fingerprint density at radius 1 is 1.56 bits per heavy atom. The van der Waals surface area contributed by atoms with Crippen LogP contribution in [0.3, 0.4) is 0 Å². The van der Waals surface area contributed by atoms with Gasteiger partial charge in [0.1, 0.15) is 5.75 Å². The largest absolute Gasteiger partial charge is 0.493 e. The van der Waals surface area contributed by atoms with Crippen LogP contribution in [0.15, 0.2) is 23.4 Å². The molecule has 88 valence electrons. The summed E-state index contributed by atoms with van der Waals surface area (Å²) in [4.78, 5) is 0.